The molecule has 2 aromatic carbocycles. The SMILES string of the molecule is CNC(C)C(=O)NC(C(=O)N1CC(F)CC1Cc1c(-c2nc3cc(F)ccc3n2CC2C3CC3CN2C(=O)C(NC(=O)C(C)NC)C(C)C)[nH]c2cc(F)ccc12)C(C)C. The van der Waals surface area contributed by atoms with Gasteiger partial charge in [0.25, 0.3) is 0 Å². The lowest BCUT2D eigenvalue weighted by molar-refractivity contribution is -0.139. The van der Waals surface area contributed by atoms with E-state index in [1.807, 2.05) is 37.2 Å². The second-order valence-electron chi connectivity index (χ2n) is 17.7. The molecule has 1 aliphatic carbocycles. The summed E-state index contributed by atoms with van der Waals surface area (Å²) >= 11 is 0. The molecule has 0 spiro atoms. The first-order valence-electron chi connectivity index (χ1n) is 21.2. The molecule has 3 fully saturated rings. The molecule has 9 unspecified atom stereocenters. The van der Waals surface area contributed by atoms with Crippen molar-refractivity contribution >= 4 is 45.6 Å². The first-order chi connectivity index (χ1) is 28.5. The van der Waals surface area contributed by atoms with Gasteiger partial charge in [0.05, 0.1) is 41.4 Å². The van der Waals surface area contributed by atoms with Gasteiger partial charge in [0.2, 0.25) is 23.6 Å². The van der Waals surface area contributed by atoms with Crippen LogP contribution in [0.2, 0.25) is 0 Å². The van der Waals surface area contributed by atoms with Gasteiger partial charge >= 0.3 is 0 Å². The molecular weight excluding hydrogens is 776 g/mol. The minimum atomic E-state index is -1.31. The number of hydrogen-bond donors (Lipinski definition) is 5. The molecule has 4 amide bonds. The van der Waals surface area contributed by atoms with Crippen LogP contribution in [-0.4, -0.2) is 118 Å². The van der Waals surface area contributed by atoms with Crippen molar-refractivity contribution in [2.24, 2.45) is 23.7 Å². The van der Waals surface area contributed by atoms with E-state index in [0.717, 1.165) is 6.42 Å². The Bertz CT molecular complexity index is 2280. The molecule has 13 nitrogen and oxygen atoms in total. The highest BCUT2D eigenvalue weighted by Crippen LogP contribution is 2.51. The zero-order valence-corrected chi connectivity index (χ0v) is 35.6. The van der Waals surface area contributed by atoms with Crippen LogP contribution in [0.4, 0.5) is 13.2 Å². The van der Waals surface area contributed by atoms with Gasteiger partial charge in [0.1, 0.15) is 29.9 Å². The van der Waals surface area contributed by atoms with E-state index in [-0.39, 0.29) is 66.8 Å². The van der Waals surface area contributed by atoms with Crippen LogP contribution in [0.15, 0.2) is 36.4 Å². The molecule has 324 valence electrons. The van der Waals surface area contributed by atoms with E-state index in [1.54, 1.807) is 40.1 Å². The maximum absolute atomic E-state index is 15.5. The van der Waals surface area contributed by atoms with E-state index < -0.39 is 48.0 Å². The summed E-state index contributed by atoms with van der Waals surface area (Å²) in [4.78, 5) is 66.3. The molecule has 3 aliphatic rings. The summed E-state index contributed by atoms with van der Waals surface area (Å²) in [6, 6.07) is 5.18. The van der Waals surface area contributed by atoms with Crippen molar-refractivity contribution in [3.05, 3.63) is 53.6 Å². The molecule has 60 heavy (non-hydrogen) atoms. The highest BCUT2D eigenvalue weighted by molar-refractivity contribution is 5.93. The third kappa shape index (κ3) is 8.37. The van der Waals surface area contributed by atoms with E-state index in [1.165, 1.54) is 29.2 Å². The average Bonchev–Trinajstić information content (AvgIpc) is 3.42. The van der Waals surface area contributed by atoms with Gasteiger partial charge in [-0.15, -0.1) is 0 Å². The number of amides is 4. The topological polar surface area (TPSA) is 156 Å². The normalized spacial score (nSPS) is 23.3. The van der Waals surface area contributed by atoms with Crippen molar-refractivity contribution in [2.45, 2.75) is 110 Å². The first-order valence-corrected chi connectivity index (χ1v) is 21.2. The van der Waals surface area contributed by atoms with Crippen LogP contribution in [0.3, 0.4) is 0 Å². The summed E-state index contributed by atoms with van der Waals surface area (Å²) in [5.41, 5.74) is 2.66. The number of likely N-dealkylation sites (tertiary alicyclic amines) is 2. The Labute approximate surface area is 348 Å². The third-order valence-electron chi connectivity index (χ3n) is 13.0. The Kier molecular flexibility index (Phi) is 12.4. The number of likely N-dealkylation sites (N-methyl/N-ethyl adjacent to an activating group) is 2. The van der Waals surface area contributed by atoms with Crippen molar-refractivity contribution in [3.63, 3.8) is 0 Å². The van der Waals surface area contributed by atoms with Gasteiger partial charge in [0.15, 0.2) is 5.82 Å². The maximum atomic E-state index is 15.5. The van der Waals surface area contributed by atoms with Crippen LogP contribution >= 0.6 is 0 Å². The predicted octanol–water partition coefficient (Wildman–Crippen LogP) is 4.29. The van der Waals surface area contributed by atoms with E-state index in [4.69, 9.17) is 4.98 Å². The summed E-state index contributed by atoms with van der Waals surface area (Å²) in [6.45, 7) is 11.6. The minimum Gasteiger partial charge on any atom is -0.352 e. The number of H-pyrrole nitrogens is 1. The number of carbonyl (C=O) groups excluding carboxylic acids is 4. The standard InChI is InChI=1S/C44H58F3N9O4/c1-21(2)37(52-41(57)23(5)48-7)43(59)54-19-28(47)14-29(54)17-32-30-11-9-26(45)15-33(30)50-39(32)40-51-34-16-27(46)10-12-35(34)55(40)20-36-31-13-25(31)18-56(36)44(60)38(22(3)4)53-42(58)24(6)49-8/h9-12,15-16,21-25,28-29,31,36-38,48-50H,13-14,17-20H2,1-8H3,(H,52,57)(H,53,58). The molecule has 9 atom stereocenters. The molecule has 1 saturated carbocycles. The zero-order chi connectivity index (χ0) is 43.3. The number of imidazole rings is 1. The number of piperidine rings is 1. The van der Waals surface area contributed by atoms with Crippen molar-refractivity contribution in [2.75, 3.05) is 27.2 Å². The van der Waals surface area contributed by atoms with E-state index >= 15 is 4.39 Å². The van der Waals surface area contributed by atoms with Crippen LogP contribution in [0.5, 0.6) is 0 Å². The second-order valence-corrected chi connectivity index (χ2v) is 17.7. The number of nitrogens with one attached hydrogen (secondary N) is 5. The fraction of sp³-hybridized carbons (Fsp3) is 0.568. The van der Waals surface area contributed by atoms with Crippen LogP contribution in [0.25, 0.3) is 33.5 Å². The van der Waals surface area contributed by atoms with Gasteiger partial charge in [-0.3, -0.25) is 19.2 Å². The molecule has 2 saturated heterocycles. The fourth-order valence-electron chi connectivity index (χ4n) is 9.12. The number of aromatic amines is 1. The van der Waals surface area contributed by atoms with E-state index in [2.05, 4.69) is 26.3 Å². The average molecular weight is 834 g/mol. The molecule has 4 heterocycles. The number of fused-ring (bicyclic) bond motifs is 3. The fourth-order valence-corrected chi connectivity index (χ4v) is 9.12. The summed E-state index contributed by atoms with van der Waals surface area (Å²) in [5.74, 6) is -1.64. The third-order valence-corrected chi connectivity index (χ3v) is 13.0. The zero-order valence-electron chi connectivity index (χ0n) is 35.6. The smallest absolute Gasteiger partial charge is 0.245 e. The van der Waals surface area contributed by atoms with Gasteiger partial charge < -0.3 is 40.6 Å². The summed E-state index contributed by atoms with van der Waals surface area (Å²) < 4.78 is 47.2. The highest BCUT2D eigenvalue weighted by atomic mass is 19.1. The monoisotopic (exact) mass is 833 g/mol. The van der Waals surface area contributed by atoms with Crippen LogP contribution in [-0.2, 0) is 32.1 Å². The molecule has 5 N–H and O–H groups in total. The first kappa shape index (κ1) is 43.1. The van der Waals surface area contributed by atoms with Gasteiger partial charge in [-0.25, -0.2) is 18.2 Å². The van der Waals surface area contributed by atoms with E-state index in [9.17, 15) is 28.0 Å². The van der Waals surface area contributed by atoms with Crippen LogP contribution in [0.1, 0.15) is 59.9 Å². The van der Waals surface area contributed by atoms with E-state index in [0.29, 0.717) is 58.0 Å². The Morgan fingerprint density at radius 2 is 1.42 bits per heavy atom. The lowest BCUT2D eigenvalue weighted by atomic mass is 9.98. The molecule has 7 rings (SSSR count). The Hall–Kier alpha value is -4.96. The van der Waals surface area contributed by atoms with Gasteiger partial charge in [-0.2, -0.15) is 0 Å². The Morgan fingerprint density at radius 1 is 0.817 bits per heavy atom. The van der Waals surface area contributed by atoms with Crippen molar-refractivity contribution < 1.29 is 32.3 Å². The van der Waals surface area contributed by atoms with Crippen molar-refractivity contribution in [3.8, 4) is 11.5 Å². The Balaban J connectivity index is 1.28. The molecule has 0 bridgehead atoms. The summed E-state index contributed by atoms with van der Waals surface area (Å²) in [6.07, 6.45) is -0.139. The predicted molar refractivity (Wildman–Crippen MR) is 223 cm³/mol. The summed E-state index contributed by atoms with van der Waals surface area (Å²) in [5, 5.41) is 12.3. The number of aromatic nitrogens is 3. The van der Waals surface area contributed by atoms with Crippen molar-refractivity contribution in [1.82, 2.24) is 45.6 Å². The number of rotatable bonds is 15. The molecule has 2 aromatic heterocycles. The molecule has 4 aromatic rings. The minimum absolute atomic E-state index is 0.0508. The molecule has 2 aliphatic heterocycles. The highest BCUT2D eigenvalue weighted by Gasteiger charge is 2.55. The largest absolute Gasteiger partial charge is 0.352 e. The lowest BCUT2D eigenvalue weighted by Gasteiger charge is -2.34. The van der Waals surface area contributed by atoms with Gasteiger partial charge in [-0.05, 0) is 100 Å². The number of benzene rings is 2. The van der Waals surface area contributed by atoms with Crippen molar-refractivity contribution in [1.29, 1.82) is 0 Å². The number of hydrogen-bond acceptors (Lipinski definition) is 7. The lowest BCUT2D eigenvalue weighted by Crippen LogP contribution is -2.56. The van der Waals surface area contributed by atoms with Gasteiger partial charge in [-0.1, -0.05) is 27.7 Å². The van der Waals surface area contributed by atoms with Crippen LogP contribution < -0.4 is 21.3 Å². The quantitative estimate of drug-likeness (QED) is 0.120. The molecular formula is C44H58F3N9O4. The Morgan fingerprint density at radius 3 is 2.03 bits per heavy atom. The number of nitrogens with zero attached hydrogens (tertiary/aromatic N) is 4. The maximum Gasteiger partial charge on any atom is 0.245 e. The van der Waals surface area contributed by atoms with Gasteiger partial charge in [0, 0.05) is 42.5 Å². The number of halogens is 3. The van der Waals surface area contributed by atoms with Crippen LogP contribution in [0, 0.1) is 35.3 Å². The number of carbonyl (C=O) groups is 4. The molecule has 0 radical (unpaired) electrons. The number of alkyl halides is 1. The molecule has 16 heteroatoms. The second kappa shape index (κ2) is 17.2. The summed E-state index contributed by atoms with van der Waals surface area (Å²) in [7, 11) is 3.34.